The van der Waals surface area contributed by atoms with Crippen molar-refractivity contribution in [1.82, 2.24) is 0 Å². The summed E-state index contributed by atoms with van der Waals surface area (Å²) in [7, 11) is -7.44. The maximum atomic E-state index is 11.7. The van der Waals surface area contributed by atoms with E-state index < -0.39 is 51.1 Å². The summed E-state index contributed by atoms with van der Waals surface area (Å²) in [5.41, 5.74) is -0.759. The van der Waals surface area contributed by atoms with Crippen LogP contribution in [0.25, 0.3) is 0 Å². The summed E-state index contributed by atoms with van der Waals surface area (Å²) in [4.78, 5) is 0. The summed E-state index contributed by atoms with van der Waals surface area (Å²) in [5, 5.41) is 11.7. The van der Waals surface area contributed by atoms with Crippen LogP contribution in [0, 0.1) is 0 Å². The molecule has 32 heavy (non-hydrogen) atoms. The second-order valence-electron chi connectivity index (χ2n) is 10.6. The van der Waals surface area contributed by atoms with Crippen LogP contribution >= 0.6 is 0 Å². The number of hydrogen-bond acceptors (Lipinski definition) is 8. The van der Waals surface area contributed by atoms with Crippen LogP contribution < -0.4 is 0 Å². The van der Waals surface area contributed by atoms with Crippen LogP contribution in [0.15, 0.2) is 0 Å². The van der Waals surface area contributed by atoms with Gasteiger partial charge in [0.2, 0.25) is 0 Å². The molecule has 0 spiro atoms. The largest absolute Gasteiger partial charge is 0.414 e. The van der Waals surface area contributed by atoms with E-state index in [0.29, 0.717) is 0 Å². The molecule has 0 aromatic carbocycles. The van der Waals surface area contributed by atoms with Crippen LogP contribution in [0.2, 0.25) is 22.2 Å². The first-order chi connectivity index (χ1) is 14.5. The van der Waals surface area contributed by atoms with Gasteiger partial charge in [-0.1, -0.05) is 55.4 Å². The zero-order valence-electron chi connectivity index (χ0n) is 21.4. The van der Waals surface area contributed by atoms with Crippen molar-refractivity contribution in [2.75, 3.05) is 19.5 Å². The van der Waals surface area contributed by atoms with Gasteiger partial charge in [-0.25, -0.2) is 0 Å². The maximum Gasteiger partial charge on any atom is 0.335 e. The Bertz CT molecular complexity index is 732. The van der Waals surface area contributed by atoms with Gasteiger partial charge in [0.05, 0.1) is 25.5 Å². The molecule has 2 heterocycles. The third kappa shape index (κ3) is 5.38. The molecule has 0 aromatic rings. The molecule has 8 nitrogen and oxygen atoms in total. The lowest BCUT2D eigenvalue weighted by Crippen LogP contribution is -2.67. The van der Waals surface area contributed by atoms with E-state index in [2.05, 4.69) is 55.4 Å². The molecule has 2 unspecified atom stereocenters. The quantitative estimate of drug-likeness (QED) is 0.393. The first-order valence-electron chi connectivity index (χ1n) is 11.8. The van der Waals surface area contributed by atoms with Crippen molar-refractivity contribution in [1.29, 1.82) is 0 Å². The first kappa shape index (κ1) is 28.4. The third-order valence-electron chi connectivity index (χ3n) is 7.04. The molecule has 4 atom stereocenters. The highest BCUT2D eigenvalue weighted by Gasteiger charge is 2.64. The van der Waals surface area contributed by atoms with Crippen LogP contribution in [0.1, 0.15) is 61.8 Å². The Morgan fingerprint density at radius 3 is 1.97 bits per heavy atom. The lowest BCUT2D eigenvalue weighted by molar-refractivity contribution is -0.0778. The average Bonchev–Trinajstić information content (AvgIpc) is 2.83. The Kier molecular flexibility index (Phi) is 8.94. The van der Waals surface area contributed by atoms with Gasteiger partial charge in [0.25, 0.3) is 10.1 Å². The number of ether oxygens (including phenoxy) is 1. The predicted molar refractivity (Wildman–Crippen MR) is 131 cm³/mol. The fraction of sp³-hybridized carbons (Fsp3) is 1.00. The Hall–Kier alpha value is 0.209. The molecule has 188 valence electrons. The minimum atomic E-state index is -3.61. The fourth-order valence-corrected chi connectivity index (χ4v) is 16.8. The molecule has 0 amide bonds. The second-order valence-corrected chi connectivity index (χ2v) is 21.1. The van der Waals surface area contributed by atoms with E-state index in [9.17, 15) is 13.5 Å². The molecule has 2 aliphatic rings. The van der Waals surface area contributed by atoms with Crippen LogP contribution in [0.4, 0.5) is 0 Å². The van der Waals surface area contributed by atoms with Gasteiger partial charge in [-0.2, -0.15) is 8.42 Å². The Morgan fingerprint density at radius 1 is 1.03 bits per heavy atom. The van der Waals surface area contributed by atoms with Gasteiger partial charge in [-0.15, -0.1) is 0 Å². The van der Waals surface area contributed by atoms with Gasteiger partial charge in [0, 0.05) is 6.42 Å². The van der Waals surface area contributed by atoms with Gasteiger partial charge in [-0.05, 0) is 22.2 Å². The number of rotatable bonds is 8. The van der Waals surface area contributed by atoms with E-state index in [0.717, 1.165) is 6.26 Å². The second kappa shape index (κ2) is 10.1. The molecule has 2 fully saturated rings. The molecule has 0 aromatic heterocycles. The van der Waals surface area contributed by atoms with Crippen LogP contribution in [-0.2, 0) is 32.0 Å². The zero-order chi connectivity index (χ0) is 24.7. The minimum Gasteiger partial charge on any atom is -0.414 e. The monoisotopic (exact) mass is 510 g/mol. The Morgan fingerprint density at radius 2 is 1.53 bits per heavy atom. The van der Waals surface area contributed by atoms with Gasteiger partial charge in [0.15, 0.2) is 0 Å². The molecule has 0 bridgehead atoms. The molecule has 0 saturated carbocycles. The van der Waals surface area contributed by atoms with Crippen molar-refractivity contribution in [3.05, 3.63) is 0 Å². The Labute approximate surface area is 197 Å². The van der Waals surface area contributed by atoms with E-state index in [4.69, 9.17) is 21.9 Å². The summed E-state index contributed by atoms with van der Waals surface area (Å²) in [6.45, 7) is 17.2. The van der Waals surface area contributed by atoms with E-state index in [1.165, 1.54) is 0 Å². The molecular formula is C20H43BO8SSi2. The van der Waals surface area contributed by atoms with Gasteiger partial charge < -0.3 is 22.8 Å². The van der Waals surface area contributed by atoms with Crippen molar-refractivity contribution in [2.24, 2.45) is 0 Å². The zero-order valence-corrected chi connectivity index (χ0v) is 24.2. The van der Waals surface area contributed by atoms with E-state index in [1.54, 1.807) is 7.85 Å². The molecule has 2 rings (SSSR count). The molecule has 0 radical (unpaired) electrons. The number of aliphatic hydroxyl groups is 1. The van der Waals surface area contributed by atoms with E-state index in [-0.39, 0.29) is 41.8 Å². The molecule has 0 aliphatic carbocycles. The smallest absolute Gasteiger partial charge is 0.335 e. The molecule has 12 heteroatoms. The van der Waals surface area contributed by atoms with Crippen molar-refractivity contribution >= 4 is 35.1 Å². The van der Waals surface area contributed by atoms with Crippen LogP contribution in [0.5, 0.6) is 0 Å². The van der Waals surface area contributed by atoms with Gasteiger partial charge in [0.1, 0.15) is 25.7 Å². The van der Waals surface area contributed by atoms with Gasteiger partial charge >= 0.3 is 17.1 Å². The SMILES string of the molecule is BC1OC2CO[Si](C(C)C)(C(C)C)O[Si](C(C)C)(C(C)C)O[C@H]2[C@]1(O)CCOS(C)(=O)=O. The van der Waals surface area contributed by atoms with Crippen molar-refractivity contribution < 1.29 is 35.4 Å². The average molecular weight is 511 g/mol. The minimum absolute atomic E-state index is 0.0695. The number of hydrogen-bond donors (Lipinski definition) is 1. The van der Waals surface area contributed by atoms with Crippen molar-refractivity contribution in [3.63, 3.8) is 0 Å². The predicted octanol–water partition coefficient (Wildman–Crippen LogP) is 2.40. The topological polar surface area (TPSA) is 101 Å². The Balaban J connectivity index is 2.51. The summed E-state index contributed by atoms with van der Waals surface area (Å²) in [6, 6.07) is -0.567. The summed E-state index contributed by atoms with van der Waals surface area (Å²) < 4.78 is 54.8. The molecular weight excluding hydrogens is 467 g/mol. The van der Waals surface area contributed by atoms with Gasteiger partial charge in [-0.3, -0.25) is 4.18 Å². The van der Waals surface area contributed by atoms with E-state index in [1.807, 2.05) is 0 Å². The summed E-state index contributed by atoms with van der Waals surface area (Å²) >= 11 is 0. The van der Waals surface area contributed by atoms with E-state index >= 15 is 0 Å². The molecule has 2 saturated heterocycles. The standard InChI is InChI=1S/C20H43BO8SSi2/c1-13(2)31(14(3)4)26-12-17-18(28-32(29-31,15(5)6)16(7)8)20(22,19(21)27-17)10-11-25-30(9,23)24/h13-19,22H,10-12,21H2,1-9H3/t17?,18-,19?,20-/m1/s1. The highest BCUT2D eigenvalue weighted by Crippen LogP contribution is 2.49. The lowest BCUT2D eigenvalue weighted by atomic mass is 9.78. The summed E-state index contributed by atoms with van der Waals surface area (Å²) in [6.07, 6.45) is -0.0886. The number of fused-ring (bicyclic) bond motifs is 1. The highest BCUT2D eigenvalue weighted by molar-refractivity contribution is 7.85. The van der Waals surface area contributed by atoms with Crippen molar-refractivity contribution in [2.45, 2.75) is 108 Å². The maximum absolute atomic E-state index is 11.7. The molecule has 2 aliphatic heterocycles. The van der Waals surface area contributed by atoms with Crippen LogP contribution in [-0.4, -0.2) is 81.8 Å². The third-order valence-corrected chi connectivity index (χ3v) is 17.9. The van der Waals surface area contributed by atoms with Crippen LogP contribution in [0.3, 0.4) is 0 Å². The highest BCUT2D eigenvalue weighted by atomic mass is 32.2. The fourth-order valence-electron chi connectivity index (χ4n) is 5.14. The molecule has 1 N–H and O–H groups in total. The van der Waals surface area contributed by atoms with Crippen molar-refractivity contribution in [3.8, 4) is 0 Å². The lowest BCUT2D eigenvalue weighted by Gasteiger charge is -2.52. The normalized spacial score (nSPS) is 33.0. The summed E-state index contributed by atoms with van der Waals surface area (Å²) in [5.74, 6) is 0. The first-order valence-corrected chi connectivity index (χ1v) is 17.5.